The van der Waals surface area contributed by atoms with Gasteiger partial charge in [-0.3, -0.25) is 0 Å². The number of carbonyl (C=O) groups excluding carboxylic acids is 1. The van der Waals surface area contributed by atoms with Gasteiger partial charge in [0.15, 0.2) is 0 Å². The minimum atomic E-state index is -1.03. The number of hydrogen-bond acceptors (Lipinski definition) is 8. The molecule has 1 aromatic heterocycles. The van der Waals surface area contributed by atoms with E-state index in [-0.39, 0.29) is 30.8 Å². The van der Waals surface area contributed by atoms with Gasteiger partial charge in [-0.05, 0) is 51.0 Å². The number of epoxide rings is 1. The summed E-state index contributed by atoms with van der Waals surface area (Å²) in [7, 11) is 0. The predicted octanol–water partition coefficient (Wildman–Crippen LogP) is 4.29. The molecule has 2 N–H and O–H groups in total. The Morgan fingerprint density at radius 1 is 1.22 bits per heavy atom. The van der Waals surface area contributed by atoms with Crippen molar-refractivity contribution in [1.82, 2.24) is 4.98 Å². The zero-order valence-corrected chi connectivity index (χ0v) is 21.8. The molecule has 0 unspecified atom stereocenters. The lowest BCUT2D eigenvalue weighted by atomic mass is 9.91. The van der Waals surface area contributed by atoms with E-state index in [1.165, 1.54) is 17.4 Å². The number of ether oxygens (including phenoxy) is 3. The van der Waals surface area contributed by atoms with Gasteiger partial charge in [-0.1, -0.05) is 43.4 Å². The zero-order chi connectivity index (χ0) is 25.7. The molecule has 0 spiro atoms. The summed E-state index contributed by atoms with van der Waals surface area (Å²) >= 11 is 1.51. The molecule has 7 nitrogen and oxygen atoms in total. The number of aromatic nitrogens is 1. The van der Waals surface area contributed by atoms with Gasteiger partial charge in [0.1, 0.15) is 18.3 Å². The molecule has 36 heavy (non-hydrogen) atoms. The third-order valence-electron chi connectivity index (χ3n) is 6.75. The van der Waals surface area contributed by atoms with Crippen LogP contribution >= 0.6 is 11.3 Å². The molecule has 4 rings (SSSR count). The fraction of sp³-hybridized carbons (Fsp3) is 0.571. The van der Waals surface area contributed by atoms with Crippen LogP contribution in [0.4, 0.5) is 0 Å². The lowest BCUT2D eigenvalue weighted by Gasteiger charge is -2.28. The summed E-state index contributed by atoms with van der Waals surface area (Å²) < 4.78 is 17.6. The summed E-state index contributed by atoms with van der Waals surface area (Å²) in [5.41, 5.74) is 0.988. The molecule has 196 valence electrons. The molecule has 2 bridgehead atoms. The number of rotatable bonds is 3. The van der Waals surface area contributed by atoms with Crippen LogP contribution in [0.15, 0.2) is 48.7 Å². The predicted molar refractivity (Wildman–Crippen MR) is 139 cm³/mol. The third-order valence-corrected chi connectivity index (χ3v) is 7.63. The molecule has 8 atom stereocenters. The Hall–Kier alpha value is -2.10. The van der Waals surface area contributed by atoms with Crippen LogP contribution in [-0.2, 0) is 19.0 Å². The van der Waals surface area contributed by atoms with Crippen molar-refractivity contribution in [1.29, 1.82) is 0 Å². The lowest BCUT2D eigenvalue weighted by molar-refractivity contribution is -0.147. The maximum atomic E-state index is 12.6. The minimum Gasteiger partial charge on any atom is -0.456 e. The summed E-state index contributed by atoms with van der Waals surface area (Å²) in [6, 6.07) is 0. The molecule has 1 aromatic rings. The van der Waals surface area contributed by atoms with Gasteiger partial charge < -0.3 is 24.4 Å². The first-order chi connectivity index (χ1) is 17.3. The van der Waals surface area contributed by atoms with Gasteiger partial charge in [0, 0.05) is 23.6 Å². The Morgan fingerprint density at radius 3 is 2.83 bits per heavy atom. The van der Waals surface area contributed by atoms with Gasteiger partial charge in [0.25, 0.3) is 0 Å². The number of carbonyl (C=O) groups is 1. The highest BCUT2D eigenvalue weighted by Gasteiger charge is 2.46. The van der Waals surface area contributed by atoms with Crippen molar-refractivity contribution in [3.63, 3.8) is 0 Å². The van der Waals surface area contributed by atoms with Crippen LogP contribution < -0.4 is 0 Å². The van der Waals surface area contributed by atoms with Crippen molar-refractivity contribution < 1.29 is 29.2 Å². The number of fused-ring (bicyclic) bond motifs is 3. The smallest absolute Gasteiger partial charge is 0.330 e. The molecular weight excluding hydrogens is 478 g/mol. The van der Waals surface area contributed by atoms with Gasteiger partial charge in [-0.2, -0.15) is 0 Å². The Morgan fingerprint density at radius 2 is 2.06 bits per heavy atom. The summed E-state index contributed by atoms with van der Waals surface area (Å²) in [4.78, 5) is 17.7. The summed E-state index contributed by atoms with van der Waals surface area (Å²) in [5, 5.41) is 22.5. The van der Waals surface area contributed by atoms with Crippen molar-refractivity contribution >= 4 is 23.4 Å². The van der Waals surface area contributed by atoms with E-state index in [0.29, 0.717) is 18.8 Å². The van der Waals surface area contributed by atoms with E-state index in [1.807, 2.05) is 13.0 Å². The molecular formula is C28H37NO6S. The van der Waals surface area contributed by atoms with E-state index < -0.39 is 24.3 Å². The van der Waals surface area contributed by atoms with Gasteiger partial charge in [0.2, 0.25) is 0 Å². The molecule has 3 aliphatic heterocycles. The number of esters is 1. The first-order valence-corrected chi connectivity index (χ1v) is 13.6. The van der Waals surface area contributed by atoms with Crippen LogP contribution in [0.5, 0.6) is 0 Å². The Bertz CT molecular complexity index is 1000. The van der Waals surface area contributed by atoms with Gasteiger partial charge in [0.05, 0.1) is 29.4 Å². The van der Waals surface area contributed by atoms with E-state index in [2.05, 4.69) is 24.6 Å². The van der Waals surface area contributed by atoms with Crippen molar-refractivity contribution in [3.8, 4) is 0 Å². The minimum absolute atomic E-state index is 0.0864. The topological polar surface area (TPSA) is 101 Å². The van der Waals surface area contributed by atoms with Crippen LogP contribution in [0.2, 0.25) is 0 Å². The monoisotopic (exact) mass is 515 g/mol. The second-order valence-corrected chi connectivity index (χ2v) is 11.4. The highest BCUT2D eigenvalue weighted by atomic mass is 32.1. The largest absolute Gasteiger partial charge is 0.456 e. The summed E-state index contributed by atoms with van der Waals surface area (Å²) in [5.74, 6) is -0.144. The molecule has 3 aliphatic rings. The number of cyclic esters (lactones) is 1. The van der Waals surface area contributed by atoms with Gasteiger partial charge in [-0.25, -0.2) is 9.78 Å². The second-order valence-electron chi connectivity index (χ2n) is 10.1. The molecule has 0 saturated carbocycles. The summed E-state index contributed by atoms with van der Waals surface area (Å²) in [6.07, 6.45) is 13.2. The first kappa shape index (κ1) is 26.9. The number of hydrogen-bond donors (Lipinski definition) is 2. The number of nitrogens with zero attached hydrogens (tertiary/aromatic N) is 1. The maximum Gasteiger partial charge on any atom is 0.330 e. The molecule has 0 radical (unpaired) electrons. The van der Waals surface area contributed by atoms with Crippen molar-refractivity contribution in [2.45, 2.75) is 95.1 Å². The maximum absolute atomic E-state index is 12.6. The van der Waals surface area contributed by atoms with E-state index in [1.54, 1.807) is 24.4 Å². The van der Waals surface area contributed by atoms with Crippen molar-refractivity contribution in [2.24, 2.45) is 5.92 Å². The van der Waals surface area contributed by atoms with Crippen LogP contribution in [-0.4, -0.2) is 63.9 Å². The number of aryl methyl sites for hydroxylation is 1. The van der Waals surface area contributed by atoms with Crippen molar-refractivity contribution in [3.05, 3.63) is 58.6 Å². The van der Waals surface area contributed by atoms with Crippen LogP contribution in [0.25, 0.3) is 6.08 Å². The number of thiazole rings is 1. The summed E-state index contributed by atoms with van der Waals surface area (Å²) in [6.45, 7) is 8.29. The van der Waals surface area contributed by atoms with E-state index >= 15 is 0 Å². The van der Waals surface area contributed by atoms with Crippen LogP contribution in [0.1, 0.15) is 55.3 Å². The fourth-order valence-corrected chi connectivity index (χ4v) is 5.66. The Balaban J connectivity index is 1.46. The molecule has 8 heteroatoms. The van der Waals surface area contributed by atoms with Gasteiger partial charge in [-0.15, -0.1) is 11.3 Å². The van der Waals surface area contributed by atoms with Crippen LogP contribution in [0, 0.1) is 12.8 Å². The average molecular weight is 516 g/mol. The molecule has 1 fully saturated rings. The normalized spacial score (nSPS) is 35.9. The fourth-order valence-electron chi connectivity index (χ4n) is 4.97. The Kier molecular flexibility index (Phi) is 9.30. The molecule has 0 aliphatic carbocycles. The van der Waals surface area contributed by atoms with Crippen LogP contribution in [0.3, 0.4) is 0 Å². The molecule has 4 heterocycles. The standard InChI is InChI=1S/C28H37NO6S/c1-17-12-18(2)14-24(31)28-26(35-28)15-25(23(30)11-10-22-16-29-19(3)36-22)34-27(32)9-5-7-20-6-4-8-21(13-17)33-20/h4-6,9-11,16-17,20-21,23-26,28,30-31H,2,7-8,12-15H2,1,3H3/b9-5-,11-10+/t17-,20-,21-,23-,24-,25-,26-,28-/m0/s1. The lowest BCUT2D eigenvalue weighted by Crippen LogP contribution is -2.32. The quantitative estimate of drug-likeness (QED) is 0.352. The number of aliphatic hydroxyl groups is 2. The molecule has 0 aromatic carbocycles. The Labute approximate surface area is 217 Å². The third kappa shape index (κ3) is 7.95. The van der Waals surface area contributed by atoms with E-state index in [9.17, 15) is 15.0 Å². The molecule has 1 saturated heterocycles. The number of aliphatic hydroxyl groups excluding tert-OH is 2. The van der Waals surface area contributed by atoms with Crippen molar-refractivity contribution in [2.75, 3.05) is 0 Å². The molecule has 0 amide bonds. The zero-order valence-electron chi connectivity index (χ0n) is 21.0. The highest BCUT2D eigenvalue weighted by Crippen LogP contribution is 2.35. The van der Waals surface area contributed by atoms with E-state index in [4.69, 9.17) is 14.2 Å². The second kappa shape index (κ2) is 12.4. The highest BCUT2D eigenvalue weighted by molar-refractivity contribution is 7.12. The van der Waals surface area contributed by atoms with E-state index in [0.717, 1.165) is 34.7 Å². The first-order valence-electron chi connectivity index (χ1n) is 12.7. The SMILES string of the molecule is C=C1C[C@H](C)C[C@@H]2CC=C[C@@H](C/C=C\C(=O)O[C@H]([C@@H](O)/C=C/c3cnc(C)s3)C[C@@H]3O[C@H]3[C@@H](O)C1)O2. The average Bonchev–Trinajstić information content (AvgIpc) is 3.47. The van der Waals surface area contributed by atoms with Gasteiger partial charge >= 0.3 is 5.97 Å².